The molecule has 4 rings (SSSR count). The third kappa shape index (κ3) is 5.45. The van der Waals surface area contributed by atoms with E-state index in [0.29, 0.717) is 34.6 Å². The number of ether oxygens (including phenoxy) is 1. The molecule has 1 aromatic heterocycles. The van der Waals surface area contributed by atoms with E-state index < -0.39 is 17.9 Å². The summed E-state index contributed by atoms with van der Waals surface area (Å²) in [6, 6.07) is 11.0. The maximum atomic E-state index is 14.2. The second-order valence-electron chi connectivity index (χ2n) is 7.28. The number of halogens is 2. The number of imide groups is 1. The van der Waals surface area contributed by atoms with Crippen LogP contribution < -0.4 is 15.4 Å². The van der Waals surface area contributed by atoms with Gasteiger partial charge in [-0.15, -0.1) is 10.2 Å². The Morgan fingerprint density at radius 2 is 2.00 bits per heavy atom. The van der Waals surface area contributed by atoms with E-state index in [-0.39, 0.29) is 18.1 Å². The minimum atomic E-state index is -0.535. The molecule has 3 amide bonds. The van der Waals surface area contributed by atoms with Crippen molar-refractivity contribution >= 4 is 35.3 Å². The van der Waals surface area contributed by atoms with Gasteiger partial charge in [-0.2, -0.15) is 0 Å². The van der Waals surface area contributed by atoms with Crippen molar-refractivity contribution in [1.82, 2.24) is 25.4 Å². The van der Waals surface area contributed by atoms with Crippen LogP contribution in [0, 0.1) is 5.82 Å². The van der Waals surface area contributed by atoms with Gasteiger partial charge in [0.2, 0.25) is 5.91 Å². The third-order valence-corrected chi connectivity index (χ3v) is 6.27. The monoisotopic (exact) mass is 489 g/mol. The number of hydrogen-bond donors (Lipinski definition) is 2. The van der Waals surface area contributed by atoms with Crippen molar-refractivity contribution < 1.29 is 18.7 Å². The van der Waals surface area contributed by atoms with Crippen molar-refractivity contribution in [2.24, 2.45) is 0 Å². The number of amides is 3. The van der Waals surface area contributed by atoms with E-state index in [0.717, 1.165) is 11.4 Å². The zero-order valence-electron chi connectivity index (χ0n) is 17.7. The van der Waals surface area contributed by atoms with E-state index in [1.807, 2.05) is 35.8 Å². The quantitative estimate of drug-likeness (QED) is 0.466. The van der Waals surface area contributed by atoms with Gasteiger partial charge in [0, 0.05) is 40.9 Å². The van der Waals surface area contributed by atoms with Crippen molar-refractivity contribution in [3.05, 3.63) is 64.7 Å². The van der Waals surface area contributed by atoms with Crippen molar-refractivity contribution in [3.63, 3.8) is 0 Å². The van der Waals surface area contributed by atoms with Crippen LogP contribution >= 0.6 is 23.4 Å². The number of carbonyl (C=O) groups is 2. The van der Waals surface area contributed by atoms with Gasteiger partial charge in [-0.25, -0.2) is 9.18 Å². The Kier molecular flexibility index (Phi) is 7.14. The smallest absolute Gasteiger partial charge is 0.321 e. The molecule has 0 radical (unpaired) electrons. The lowest BCUT2D eigenvalue weighted by atomic mass is 10.1. The highest BCUT2D eigenvalue weighted by Crippen LogP contribution is 2.30. The number of rotatable bonds is 8. The molecule has 1 saturated heterocycles. The number of benzene rings is 2. The van der Waals surface area contributed by atoms with Gasteiger partial charge in [-0.05, 0) is 43.3 Å². The molecule has 0 bridgehead atoms. The molecule has 172 valence electrons. The van der Waals surface area contributed by atoms with Crippen molar-refractivity contribution in [3.8, 4) is 11.4 Å². The molecule has 0 saturated carbocycles. The van der Waals surface area contributed by atoms with Gasteiger partial charge in [-0.1, -0.05) is 29.4 Å². The number of nitrogens with one attached hydrogen (secondary N) is 2. The Morgan fingerprint density at radius 1 is 1.21 bits per heavy atom. The highest BCUT2D eigenvalue weighted by atomic mass is 35.5. The molecule has 33 heavy (non-hydrogen) atoms. The Balaban J connectivity index is 1.64. The van der Waals surface area contributed by atoms with Gasteiger partial charge in [0.05, 0.1) is 6.61 Å². The van der Waals surface area contributed by atoms with Crippen LogP contribution in [0.5, 0.6) is 5.75 Å². The highest BCUT2D eigenvalue weighted by Gasteiger charge is 2.27. The number of thioether (sulfide) groups is 1. The van der Waals surface area contributed by atoms with E-state index in [1.54, 1.807) is 12.1 Å². The first-order chi connectivity index (χ1) is 15.9. The summed E-state index contributed by atoms with van der Waals surface area (Å²) in [6.45, 7) is 2.45. The predicted molar refractivity (Wildman–Crippen MR) is 122 cm³/mol. The molecule has 8 nitrogen and oxygen atoms in total. The second kappa shape index (κ2) is 10.2. The summed E-state index contributed by atoms with van der Waals surface area (Å²) in [6.07, 6.45) is 0.426. The minimum absolute atomic E-state index is 0.134. The molecule has 0 aliphatic carbocycles. The highest BCUT2D eigenvalue weighted by molar-refractivity contribution is 7.98. The van der Waals surface area contributed by atoms with Gasteiger partial charge >= 0.3 is 6.03 Å². The SMILES string of the molecule is CCOc1ccc(-n2c(CC3CC(=O)NC(=O)N3)nnc2SCc2c(F)cccc2Cl)cc1. The summed E-state index contributed by atoms with van der Waals surface area (Å²) in [4.78, 5) is 23.5. The average molecular weight is 490 g/mol. The van der Waals surface area contributed by atoms with Crippen LogP contribution in [0.25, 0.3) is 5.69 Å². The lowest BCUT2D eigenvalue weighted by molar-refractivity contribution is -0.121. The topological polar surface area (TPSA) is 98.1 Å². The van der Waals surface area contributed by atoms with Crippen molar-refractivity contribution in [1.29, 1.82) is 0 Å². The molecular formula is C22H21ClFN5O3S. The normalized spacial score (nSPS) is 15.8. The van der Waals surface area contributed by atoms with Crippen LogP contribution in [0.4, 0.5) is 9.18 Å². The number of urea groups is 1. The molecule has 1 aliphatic heterocycles. The maximum Gasteiger partial charge on any atom is 0.321 e. The molecule has 2 N–H and O–H groups in total. The summed E-state index contributed by atoms with van der Waals surface area (Å²) in [7, 11) is 0. The Labute approximate surface area is 198 Å². The van der Waals surface area contributed by atoms with Crippen LogP contribution in [-0.4, -0.2) is 39.4 Å². The van der Waals surface area contributed by atoms with Crippen LogP contribution in [0.3, 0.4) is 0 Å². The van der Waals surface area contributed by atoms with Crippen molar-refractivity contribution in [2.75, 3.05) is 6.61 Å². The first-order valence-electron chi connectivity index (χ1n) is 10.3. The number of nitrogens with zero attached hydrogens (tertiary/aromatic N) is 3. The van der Waals surface area contributed by atoms with Gasteiger partial charge in [0.15, 0.2) is 5.16 Å². The molecule has 1 unspecified atom stereocenters. The summed E-state index contributed by atoms with van der Waals surface area (Å²) < 4.78 is 21.6. The molecule has 0 spiro atoms. The summed E-state index contributed by atoms with van der Waals surface area (Å²) in [5.74, 6) is 0.794. The standard InChI is InChI=1S/C22H21ClFN5O3S/c1-2-32-15-8-6-14(7-9-15)29-19(10-13-11-20(30)26-21(31)25-13)27-28-22(29)33-12-16-17(23)4-3-5-18(16)24/h3-9,13H,2,10-12H2,1H3,(H2,25,26,30,31). The molecule has 2 heterocycles. The Morgan fingerprint density at radius 3 is 2.70 bits per heavy atom. The molecular weight excluding hydrogens is 469 g/mol. The zero-order chi connectivity index (χ0) is 23.4. The first-order valence-corrected chi connectivity index (χ1v) is 11.6. The van der Waals surface area contributed by atoms with Crippen LogP contribution in [0.2, 0.25) is 5.02 Å². The molecule has 11 heteroatoms. The Bertz CT molecular complexity index is 1140. The molecule has 1 aliphatic rings. The number of carbonyl (C=O) groups excluding carboxylic acids is 2. The van der Waals surface area contributed by atoms with Crippen molar-refractivity contribution in [2.45, 2.75) is 36.7 Å². The maximum absolute atomic E-state index is 14.2. The lowest BCUT2D eigenvalue weighted by Gasteiger charge is -2.23. The fraction of sp³-hybridized carbons (Fsp3) is 0.273. The van der Waals surface area contributed by atoms with E-state index in [2.05, 4.69) is 20.8 Å². The summed E-state index contributed by atoms with van der Waals surface area (Å²) in [5.41, 5.74) is 1.15. The predicted octanol–water partition coefficient (Wildman–Crippen LogP) is 3.89. The van der Waals surface area contributed by atoms with Crippen LogP contribution in [-0.2, 0) is 17.0 Å². The average Bonchev–Trinajstić information content (AvgIpc) is 3.16. The molecule has 3 aromatic rings. The summed E-state index contributed by atoms with van der Waals surface area (Å²) >= 11 is 7.46. The fourth-order valence-corrected chi connectivity index (χ4v) is 4.78. The second-order valence-corrected chi connectivity index (χ2v) is 8.63. The van der Waals surface area contributed by atoms with Gasteiger partial charge < -0.3 is 10.1 Å². The first kappa shape index (κ1) is 23.1. The largest absolute Gasteiger partial charge is 0.494 e. The van der Waals surface area contributed by atoms with E-state index in [9.17, 15) is 14.0 Å². The minimum Gasteiger partial charge on any atom is -0.494 e. The summed E-state index contributed by atoms with van der Waals surface area (Å²) in [5, 5.41) is 14.4. The number of hydrogen-bond acceptors (Lipinski definition) is 6. The fourth-order valence-electron chi connectivity index (χ4n) is 3.47. The van der Waals surface area contributed by atoms with Gasteiger partial charge in [0.25, 0.3) is 0 Å². The van der Waals surface area contributed by atoms with Crippen LogP contribution in [0.15, 0.2) is 47.6 Å². The van der Waals surface area contributed by atoms with Gasteiger partial charge in [-0.3, -0.25) is 14.7 Å². The van der Waals surface area contributed by atoms with Gasteiger partial charge in [0.1, 0.15) is 17.4 Å². The zero-order valence-corrected chi connectivity index (χ0v) is 19.3. The van der Waals surface area contributed by atoms with Crippen LogP contribution in [0.1, 0.15) is 24.7 Å². The molecule has 1 fully saturated rings. The Hall–Kier alpha value is -3.11. The van der Waals surface area contributed by atoms with E-state index in [1.165, 1.54) is 17.8 Å². The lowest BCUT2D eigenvalue weighted by Crippen LogP contribution is -2.53. The molecule has 1 atom stereocenters. The van der Waals surface area contributed by atoms with E-state index in [4.69, 9.17) is 16.3 Å². The van der Waals surface area contributed by atoms with E-state index >= 15 is 0 Å². The number of aromatic nitrogens is 3. The third-order valence-electron chi connectivity index (χ3n) is 4.96. The molecule has 2 aromatic carbocycles.